The van der Waals surface area contributed by atoms with E-state index in [2.05, 4.69) is 10.1 Å². The van der Waals surface area contributed by atoms with Crippen LogP contribution < -0.4 is 5.32 Å². The maximum atomic E-state index is 12.5. The zero-order valence-corrected chi connectivity index (χ0v) is 15.0. The monoisotopic (exact) mass is 344 g/mol. The summed E-state index contributed by atoms with van der Waals surface area (Å²) in [4.78, 5) is 37.5. The molecule has 0 fully saturated rings. The molecule has 1 aromatic rings. The van der Waals surface area contributed by atoms with Gasteiger partial charge in [0.25, 0.3) is 0 Å². The number of amides is 2. The third kappa shape index (κ3) is 4.68. The summed E-state index contributed by atoms with van der Waals surface area (Å²) in [6.07, 6.45) is 3.77. The van der Waals surface area contributed by atoms with E-state index in [0.717, 1.165) is 11.1 Å². The number of ether oxygens (including phenoxy) is 1. The van der Waals surface area contributed by atoms with Crippen LogP contribution in [-0.4, -0.2) is 35.3 Å². The molecular weight excluding hydrogens is 320 g/mol. The fourth-order valence-corrected chi connectivity index (χ4v) is 2.99. The van der Waals surface area contributed by atoms with E-state index in [-0.39, 0.29) is 36.7 Å². The fourth-order valence-electron chi connectivity index (χ4n) is 2.99. The molecule has 6 heteroatoms. The Bertz CT molecular complexity index is 709. The van der Waals surface area contributed by atoms with Crippen molar-refractivity contribution in [3.8, 4) is 0 Å². The first-order chi connectivity index (χ1) is 11.7. The number of carbonyl (C=O) groups is 3. The van der Waals surface area contributed by atoms with Crippen molar-refractivity contribution in [1.29, 1.82) is 0 Å². The number of nitrogens with zero attached hydrogens (tertiary/aromatic N) is 1. The summed E-state index contributed by atoms with van der Waals surface area (Å²) >= 11 is 0. The number of hydrogen-bond donors (Lipinski definition) is 1. The van der Waals surface area contributed by atoms with Crippen molar-refractivity contribution in [2.24, 2.45) is 0 Å². The first-order valence-electron chi connectivity index (χ1n) is 8.17. The minimum atomic E-state index is -0.727. The highest BCUT2D eigenvalue weighted by Gasteiger charge is 2.31. The van der Waals surface area contributed by atoms with Gasteiger partial charge in [0, 0.05) is 18.7 Å². The lowest BCUT2D eigenvalue weighted by molar-refractivity contribution is -0.142. The highest BCUT2D eigenvalue weighted by molar-refractivity contribution is 5.82. The Morgan fingerprint density at radius 2 is 1.92 bits per heavy atom. The van der Waals surface area contributed by atoms with Gasteiger partial charge in [-0.05, 0) is 31.1 Å². The van der Waals surface area contributed by atoms with Crippen LogP contribution in [0.5, 0.6) is 0 Å². The average Bonchev–Trinajstić information content (AvgIpc) is 2.53. The van der Waals surface area contributed by atoms with E-state index in [1.165, 1.54) is 14.0 Å². The lowest BCUT2D eigenvalue weighted by Crippen LogP contribution is -2.46. The highest BCUT2D eigenvalue weighted by Crippen LogP contribution is 2.32. The molecule has 1 heterocycles. The molecule has 134 valence electrons. The Labute approximate surface area is 147 Å². The number of rotatable bonds is 5. The van der Waals surface area contributed by atoms with Gasteiger partial charge < -0.3 is 15.0 Å². The second-order valence-electron chi connectivity index (χ2n) is 6.78. The number of fused-ring (bicyclic) bond motifs is 1. The van der Waals surface area contributed by atoms with E-state index in [9.17, 15) is 14.4 Å². The van der Waals surface area contributed by atoms with Gasteiger partial charge in [-0.3, -0.25) is 14.4 Å². The quantitative estimate of drug-likeness (QED) is 0.832. The molecule has 1 unspecified atom stereocenters. The van der Waals surface area contributed by atoms with Crippen LogP contribution in [0, 0.1) is 0 Å². The van der Waals surface area contributed by atoms with Gasteiger partial charge in [0.15, 0.2) is 0 Å². The van der Waals surface area contributed by atoms with Gasteiger partial charge in [-0.1, -0.05) is 24.3 Å². The van der Waals surface area contributed by atoms with Crippen molar-refractivity contribution >= 4 is 23.9 Å². The maximum absolute atomic E-state index is 12.5. The summed E-state index contributed by atoms with van der Waals surface area (Å²) in [5, 5.41) is 2.86. The van der Waals surface area contributed by atoms with Crippen LogP contribution in [0.4, 0.5) is 0 Å². The summed E-state index contributed by atoms with van der Waals surface area (Å²) in [7, 11) is 1.32. The lowest BCUT2D eigenvalue weighted by atomic mass is 9.93. The number of nitrogens with one attached hydrogen (secondary N) is 1. The van der Waals surface area contributed by atoms with E-state index in [1.807, 2.05) is 30.3 Å². The summed E-state index contributed by atoms with van der Waals surface area (Å²) in [6, 6.07) is 7.32. The second-order valence-corrected chi connectivity index (χ2v) is 6.78. The number of methoxy groups -OCH3 is 1. The van der Waals surface area contributed by atoms with Crippen molar-refractivity contribution in [2.75, 3.05) is 7.11 Å². The van der Waals surface area contributed by atoms with Gasteiger partial charge in [-0.25, -0.2) is 0 Å². The number of esters is 1. The van der Waals surface area contributed by atoms with Gasteiger partial charge in [-0.15, -0.1) is 0 Å². The molecule has 0 aromatic heterocycles. The molecule has 6 nitrogen and oxygen atoms in total. The minimum absolute atomic E-state index is 0.0762. The van der Waals surface area contributed by atoms with Crippen molar-refractivity contribution in [3.63, 3.8) is 0 Å². The molecule has 1 aromatic carbocycles. The molecule has 0 aliphatic carbocycles. The number of hydrogen-bond acceptors (Lipinski definition) is 4. The average molecular weight is 344 g/mol. The van der Waals surface area contributed by atoms with Gasteiger partial charge >= 0.3 is 5.97 Å². The zero-order chi connectivity index (χ0) is 18.6. The first-order valence-corrected chi connectivity index (χ1v) is 8.17. The molecule has 1 aliphatic rings. The van der Waals surface area contributed by atoms with Gasteiger partial charge in [0.2, 0.25) is 11.8 Å². The largest absolute Gasteiger partial charge is 0.469 e. The van der Waals surface area contributed by atoms with E-state index in [4.69, 9.17) is 0 Å². The molecule has 25 heavy (non-hydrogen) atoms. The van der Waals surface area contributed by atoms with Crippen molar-refractivity contribution in [3.05, 3.63) is 41.6 Å². The maximum Gasteiger partial charge on any atom is 0.307 e. The van der Waals surface area contributed by atoms with Gasteiger partial charge in [-0.2, -0.15) is 0 Å². The zero-order valence-electron chi connectivity index (χ0n) is 15.0. The summed E-state index contributed by atoms with van der Waals surface area (Å²) < 4.78 is 4.66. The topological polar surface area (TPSA) is 75.7 Å². The smallest absolute Gasteiger partial charge is 0.307 e. The molecule has 0 spiro atoms. The van der Waals surface area contributed by atoms with Crippen LogP contribution in [0.3, 0.4) is 0 Å². The van der Waals surface area contributed by atoms with E-state index in [0.29, 0.717) is 0 Å². The van der Waals surface area contributed by atoms with Gasteiger partial charge in [0.1, 0.15) is 0 Å². The highest BCUT2D eigenvalue weighted by atomic mass is 16.5. The second kappa shape index (κ2) is 7.51. The van der Waals surface area contributed by atoms with Crippen LogP contribution in [0.1, 0.15) is 50.8 Å². The number of benzene rings is 1. The first kappa shape index (κ1) is 18.7. The molecule has 1 atom stereocenters. The number of carbonyl (C=O) groups excluding carboxylic acids is 3. The van der Waals surface area contributed by atoms with Crippen LogP contribution in [0.15, 0.2) is 30.5 Å². The molecule has 1 aliphatic heterocycles. The Kier molecular flexibility index (Phi) is 5.62. The fraction of sp³-hybridized carbons (Fsp3) is 0.421. The van der Waals surface area contributed by atoms with Gasteiger partial charge in [0.05, 0.1) is 26.0 Å². The van der Waals surface area contributed by atoms with E-state index >= 15 is 0 Å². The summed E-state index contributed by atoms with van der Waals surface area (Å²) in [6.45, 7) is 5.00. The third-order valence-corrected chi connectivity index (χ3v) is 4.14. The molecule has 0 bridgehead atoms. The van der Waals surface area contributed by atoms with Crippen molar-refractivity contribution < 1.29 is 19.1 Å². The molecular formula is C19H24N2O4. The Morgan fingerprint density at radius 3 is 2.56 bits per heavy atom. The van der Waals surface area contributed by atoms with E-state index < -0.39 is 5.54 Å². The predicted octanol–water partition coefficient (Wildman–Crippen LogP) is 2.41. The normalized spacial score (nSPS) is 16.2. The minimum Gasteiger partial charge on any atom is -0.469 e. The van der Waals surface area contributed by atoms with Crippen molar-refractivity contribution in [2.45, 2.75) is 45.2 Å². The third-order valence-electron chi connectivity index (χ3n) is 4.14. The Morgan fingerprint density at radius 1 is 1.24 bits per heavy atom. The molecule has 0 saturated heterocycles. The summed E-state index contributed by atoms with van der Waals surface area (Å²) in [5.74, 6) is -0.741. The van der Waals surface area contributed by atoms with E-state index in [1.54, 1.807) is 24.9 Å². The Hall–Kier alpha value is -2.63. The molecule has 2 amide bonds. The molecule has 0 radical (unpaired) electrons. The van der Waals surface area contributed by atoms with Crippen LogP contribution in [-0.2, 0) is 19.1 Å². The molecule has 1 N–H and O–H groups in total. The van der Waals surface area contributed by atoms with Crippen LogP contribution in [0.2, 0.25) is 0 Å². The predicted molar refractivity (Wildman–Crippen MR) is 94.2 cm³/mol. The van der Waals surface area contributed by atoms with Crippen LogP contribution in [0.25, 0.3) is 6.08 Å². The Balaban J connectivity index is 2.16. The summed E-state index contributed by atoms with van der Waals surface area (Å²) in [5.41, 5.74) is 1.20. The lowest BCUT2D eigenvalue weighted by Gasteiger charge is -2.33. The standard InChI is InChI=1S/C19H24N2O4/c1-13(22)21-10-9-14-7-5-6-8-15(14)16(21)11-17(23)20-19(2,3)12-18(24)25-4/h5-10,16H,11-12H2,1-4H3,(H,20,23). The molecule has 2 rings (SSSR count). The van der Waals surface area contributed by atoms with Crippen molar-refractivity contribution in [1.82, 2.24) is 10.2 Å². The molecule has 0 saturated carbocycles. The van der Waals surface area contributed by atoms with Crippen LogP contribution >= 0.6 is 0 Å². The SMILES string of the molecule is COC(=O)CC(C)(C)NC(=O)CC1c2ccccc2C=CN1C(C)=O.